The molecule has 0 saturated carbocycles. The van der Waals surface area contributed by atoms with Gasteiger partial charge in [-0.05, 0) is 30.4 Å². The number of piperazine rings is 1. The summed E-state index contributed by atoms with van der Waals surface area (Å²) < 4.78 is 5.55. The summed E-state index contributed by atoms with van der Waals surface area (Å²) in [6.45, 7) is 7.03. The smallest absolute Gasteiger partial charge is 0.267 e. The second-order valence-corrected chi connectivity index (χ2v) is 6.83. The molecule has 1 amide bonds. The van der Waals surface area contributed by atoms with E-state index in [4.69, 9.17) is 4.74 Å². The lowest BCUT2D eigenvalue weighted by Gasteiger charge is -2.34. The van der Waals surface area contributed by atoms with Gasteiger partial charge in [0.05, 0.1) is 6.61 Å². The first-order valence-corrected chi connectivity index (χ1v) is 9.41. The largest absolute Gasteiger partial charge is 0.492 e. The van der Waals surface area contributed by atoms with Crippen LogP contribution in [-0.2, 0) is 6.42 Å². The normalized spacial score (nSPS) is 15.5. The second-order valence-electron chi connectivity index (χ2n) is 5.92. The molecule has 1 saturated heterocycles. The van der Waals surface area contributed by atoms with E-state index >= 15 is 0 Å². The van der Waals surface area contributed by atoms with Crippen LogP contribution in [0.1, 0.15) is 22.2 Å². The Hall–Kier alpha value is -1.85. The summed E-state index contributed by atoms with van der Waals surface area (Å²) in [6.07, 6.45) is 1.06. The molecule has 1 aromatic carbocycles. The summed E-state index contributed by atoms with van der Waals surface area (Å²) >= 11 is 1.47. The molecule has 0 spiro atoms. The van der Waals surface area contributed by atoms with Crippen molar-refractivity contribution in [3.63, 3.8) is 0 Å². The lowest BCUT2D eigenvalue weighted by atomic mass is 10.1. The number of hydrogen-bond donors (Lipinski definition) is 0. The Labute approximate surface area is 147 Å². The van der Waals surface area contributed by atoms with Gasteiger partial charge in [-0.25, -0.2) is 0 Å². The maximum atomic E-state index is 12.7. The Bertz CT molecular complexity index is 648. The molecule has 1 aliphatic rings. The van der Waals surface area contributed by atoms with E-state index in [2.05, 4.69) is 35.2 Å². The third-order valence-electron chi connectivity index (χ3n) is 4.34. The summed E-state index contributed by atoms with van der Waals surface area (Å²) in [7, 11) is 0. The number of benzene rings is 1. The third-order valence-corrected chi connectivity index (χ3v) is 5.23. The highest BCUT2D eigenvalue weighted by Gasteiger charge is 2.25. The topological polar surface area (TPSA) is 32.8 Å². The predicted octanol–water partition coefficient (Wildman–Crippen LogP) is 3.15. The van der Waals surface area contributed by atoms with Crippen molar-refractivity contribution in [2.45, 2.75) is 13.3 Å². The van der Waals surface area contributed by atoms with Gasteiger partial charge in [-0.1, -0.05) is 30.3 Å². The van der Waals surface area contributed by atoms with E-state index in [1.54, 1.807) is 0 Å². The molecule has 0 unspecified atom stereocenters. The number of amides is 1. The van der Waals surface area contributed by atoms with Gasteiger partial charge in [-0.2, -0.15) is 0 Å². The standard InChI is InChI=1S/C19H24N2O2S/c1-2-23-17-9-15-24-18(17)19(22)21-13-11-20(12-14-21)10-8-16-6-4-3-5-7-16/h3-7,9,15H,2,8,10-14H2,1H3. The van der Waals surface area contributed by atoms with Crippen molar-refractivity contribution in [2.24, 2.45) is 0 Å². The summed E-state index contributed by atoms with van der Waals surface area (Å²) in [5, 5.41) is 1.92. The van der Waals surface area contributed by atoms with Gasteiger partial charge in [0.25, 0.3) is 5.91 Å². The van der Waals surface area contributed by atoms with Crippen LogP contribution in [0.4, 0.5) is 0 Å². The fourth-order valence-electron chi connectivity index (χ4n) is 2.97. The Kier molecular flexibility index (Phi) is 5.88. The number of carbonyl (C=O) groups is 1. The lowest BCUT2D eigenvalue weighted by Crippen LogP contribution is -2.49. The molecule has 2 aromatic rings. The first-order valence-electron chi connectivity index (χ1n) is 8.53. The van der Waals surface area contributed by atoms with E-state index in [0.29, 0.717) is 6.61 Å². The predicted molar refractivity (Wildman–Crippen MR) is 98.0 cm³/mol. The molecule has 24 heavy (non-hydrogen) atoms. The highest BCUT2D eigenvalue weighted by molar-refractivity contribution is 7.12. The number of nitrogens with zero attached hydrogens (tertiary/aromatic N) is 2. The van der Waals surface area contributed by atoms with Gasteiger partial charge < -0.3 is 9.64 Å². The minimum atomic E-state index is 0.108. The van der Waals surface area contributed by atoms with Crippen LogP contribution in [0.3, 0.4) is 0 Å². The third kappa shape index (κ3) is 4.16. The Morgan fingerprint density at radius 3 is 2.58 bits per heavy atom. The molecule has 0 aliphatic carbocycles. The van der Waals surface area contributed by atoms with Crippen LogP contribution in [0.25, 0.3) is 0 Å². The Morgan fingerprint density at radius 2 is 1.88 bits per heavy atom. The Morgan fingerprint density at radius 1 is 1.12 bits per heavy atom. The minimum absolute atomic E-state index is 0.108. The molecule has 0 atom stereocenters. The number of rotatable bonds is 6. The highest BCUT2D eigenvalue weighted by Crippen LogP contribution is 2.26. The fraction of sp³-hybridized carbons (Fsp3) is 0.421. The SMILES string of the molecule is CCOc1ccsc1C(=O)N1CCN(CCc2ccccc2)CC1. The van der Waals surface area contributed by atoms with Crippen LogP contribution in [-0.4, -0.2) is 55.0 Å². The minimum Gasteiger partial charge on any atom is -0.492 e. The van der Waals surface area contributed by atoms with Gasteiger partial charge in [0, 0.05) is 32.7 Å². The number of carbonyl (C=O) groups excluding carboxylic acids is 1. The van der Waals surface area contributed by atoms with Crippen molar-refractivity contribution in [1.82, 2.24) is 9.80 Å². The molecule has 5 heteroatoms. The van der Waals surface area contributed by atoms with E-state index in [0.717, 1.165) is 49.8 Å². The summed E-state index contributed by atoms with van der Waals surface area (Å²) in [4.78, 5) is 17.8. The maximum absolute atomic E-state index is 12.7. The van der Waals surface area contributed by atoms with Crippen LogP contribution >= 0.6 is 11.3 Å². The van der Waals surface area contributed by atoms with Crippen molar-refractivity contribution in [3.05, 3.63) is 52.2 Å². The summed E-state index contributed by atoms with van der Waals surface area (Å²) in [5.41, 5.74) is 1.37. The molecule has 0 N–H and O–H groups in total. The molecule has 1 aromatic heterocycles. The van der Waals surface area contributed by atoms with Crippen molar-refractivity contribution >= 4 is 17.2 Å². The first kappa shape index (κ1) is 17.0. The molecule has 4 nitrogen and oxygen atoms in total. The van der Waals surface area contributed by atoms with Gasteiger partial charge in [-0.15, -0.1) is 11.3 Å². The van der Waals surface area contributed by atoms with E-state index in [-0.39, 0.29) is 5.91 Å². The van der Waals surface area contributed by atoms with Crippen molar-refractivity contribution in [3.8, 4) is 5.75 Å². The molecule has 1 aliphatic heterocycles. The molecule has 1 fully saturated rings. The zero-order valence-electron chi connectivity index (χ0n) is 14.1. The molecular weight excluding hydrogens is 320 g/mol. The number of thiophene rings is 1. The van der Waals surface area contributed by atoms with Gasteiger partial charge in [0.1, 0.15) is 10.6 Å². The van der Waals surface area contributed by atoms with Crippen molar-refractivity contribution < 1.29 is 9.53 Å². The van der Waals surface area contributed by atoms with E-state index in [1.165, 1.54) is 16.9 Å². The van der Waals surface area contributed by atoms with E-state index in [9.17, 15) is 4.79 Å². The molecular formula is C19H24N2O2S. The summed E-state index contributed by atoms with van der Waals surface area (Å²) in [5.74, 6) is 0.829. The fourth-order valence-corrected chi connectivity index (χ4v) is 3.77. The zero-order chi connectivity index (χ0) is 16.8. The molecule has 128 valence electrons. The van der Waals surface area contributed by atoms with Crippen molar-refractivity contribution in [2.75, 3.05) is 39.3 Å². The summed E-state index contributed by atoms with van der Waals surface area (Å²) in [6, 6.07) is 12.5. The quantitative estimate of drug-likeness (QED) is 0.807. The number of ether oxygens (including phenoxy) is 1. The van der Waals surface area contributed by atoms with Gasteiger partial charge >= 0.3 is 0 Å². The first-order chi connectivity index (χ1) is 11.8. The van der Waals surface area contributed by atoms with Gasteiger partial charge in [0.15, 0.2) is 0 Å². The van der Waals surface area contributed by atoms with Crippen LogP contribution in [0, 0.1) is 0 Å². The molecule has 2 heterocycles. The second kappa shape index (κ2) is 8.31. The van der Waals surface area contributed by atoms with Gasteiger partial charge in [-0.3, -0.25) is 9.69 Å². The number of hydrogen-bond acceptors (Lipinski definition) is 4. The van der Waals surface area contributed by atoms with Crippen LogP contribution < -0.4 is 4.74 Å². The zero-order valence-corrected chi connectivity index (χ0v) is 14.9. The van der Waals surface area contributed by atoms with Crippen LogP contribution in [0.5, 0.6) is 5.75 Å². The average molecular weight is 344 g/mol. The molecule has 0 bridgehead atoms. The monoisotopic (exact) mass is 344 g/mol. The maximum Gasteiger partial charge on any atom is 0.267 e. The van der Waals surface area contributed by atoms with E-state index < -0.39 is 0 Å². The van der Waals surface area contributed by atoms with Crippen LogP contribution in [0.2, 0.25) is 0 Å². The molecule has 0 radical (unpaired) electrons. The Balaban J connectivity index is 1.49. The van der Waals surface area contributed by atoms with Crippen molar-refractivity contribution in [1.29, 1.82) is 0 Å². The molecule has 3 rings (SSSR count). The highest BCUT2D eigenvalue weighted by atomic mass is 32.1. The van der Waals surface area contributed by atoms with Crippen LogP contribution in [0.15, 0.2) is 41.8 Å². The van der Waals surface area contributed by atoms with Gasteiger partial charge in [0.2, 0.25) is 0 Å². The van der Waals surface area contributed by atoms with E-state index in [1.807, 2.05) is 23.3 Å². The lowest BCUT2D eigenvalue weighted by molar-refractivity contribution is 0.0640. The average Bonchev–Trinajstić information content (AvgIpc) is 3.09.